The molecule has 7 nitrogen and oxygen atoms in total. The molecule has 1 N–H and O–H groups in total. The maximum absolute atomic E-state index is 12.8. The highest BCUT2D eigenvalue weighted by molar-refractivity contribution is 5.87. The molecule has 0 spiro atoms. The number of hydrogen-bond acceptors (Lipinski definition) is 5. The quantitative estimate of drug-likeness (QED) is 0.827. The van der Waals surface area contributed by atoms with Gasteiger partial charge in [-0.25, -0.2) is 9.97 Å². The van der Waals surface area contributed by atoms with Crippen molar-refractivity contribution in [1.82, 2.24) is 20.2 Å². The van der Waals surface area contributed by atoms with Crippen LogP contribution >= 0.6 is 0 Å². The van der Waals surface area contributed by atoms with Crippen LogP contribution in [-0.4, -0.2) is 51.9 Å². The zero-order valence-corrected chi connectivity index (χ0v) is 16.7. The van der Waals surface area contributed by atoms with Gasteiger partial charge in [-0.05, 0) is 24.5 Å². The summed E-state index contributed by atoms with van der Waals surface area (Å²) in [6, 6.07) is 7.22. The number of nitrogens with one attached hydrogen (secondary N) is 1. The summed E-state index contributed by atoms with van der Waals surface area (Å²) in [4.78, 5) is 35.0. The first kappa shape index (κ1) is 20.0. The highest BCUT2D eigenvalue weighted by Gasteiger charge is 2.30. The molecule has 1 aliphatic heterocycles. The zero-order valence-electron chi connectivity index (χ0n) is 16.7. The molecule has 0 bridgehead atoms. The predicted octanol–water partition coefficient (Wildman–Crippen LogP) is 2.55. The minimum absolute atomic E-state index is 0.00354. The number of aromatic nitrogens is 2. The van der Waals surface area contributed by atoms with E-state index in [2.05, 4.69) is 15.3 Å². The second kappa shape index (κ2) is 8.99. The Labute approximate surface area is 165 Å². The number of nitrogens with zero attached hydrogens (tertiary/aromatic N) is 3. The van der Waals surface area contributed by atoms with Gasteiger partial charge in [-0.2, -0.15) is 0 Å². The Morgan fingerprint density at radius 3 is 2.54 bits per heavy atom. The van der Waals surface area contributed by atoms with Crippen LogP contribution in [0.4, 0.5) is 0 Å². The lowest BCUT2D eigenvalue weighted by molar-refractivity contribution is -0.138. The standard InChI is InChI=1S/C21H28N4O3/c1-14(2)12-19(23-15(3)26)21(27)25-10-8-16(9-11-25)28-20-13-22-17-6-4-5-7-18(17)24-20/h4-7,13-14,16,19H,8-12H2,1-3H3,(H,23,26)/t19-/m0/s1. The molecule has 2 heterocycles. The van der Waals surface area contributed by atoms with Crippen molar-refractivity contribution in [3.05, 3.63) is 30.5 Å². The molecular weight excluding hydrogens is 356 g/mol. The number of rotatable bonds is 6. The SMILES string of the molecule is CC(=O)N[C@@H](CC(C)C)C(=O)N1CCC(Oc2cnc3ccccc3n2)CC1. The van der Waals surface area contributed by atoms with Gasteiger partial charge < -0.3 is 15.0 Å². The highest BCUT2D eigenvalue weighted by atomic mass is 16.5. The molecule has 2 aromatic rings. The van der Waals surface area contributed by atoms with Gasteiger partial charge in [0, 0.05) is 32.9 Å². The van der Waals surface area contributed by atoms with Crippen LogP contribution in [0.2, 0.25) is 0 Å². The molecule has 1 aliphatic rings. The fourth-order valence-electron chi connectivity index (χ4n) is 3.52. The number of benzene rings is 1. The van der Waals surface area contributed by atoms with E-state index in [9.17, 15) is 9.59 Å². The van der Waals surface area contributed by atoms with Gasteiger partial charge in [0.25, 0.3) is 0 Å². The van der Waals surface area contributed by atoms with Gasteiger partial charge in [0.1, 0.15) is 12.1 Å². The predicted molar refractivity (Wildman–Crippen MR) is 107 cm³/mol. The fourth-order valence-corrected chi connectivity index (χ4v) is 3.52. The first-order chi connectivity index (χ1) is 13.4. The van der Waals surface area contributed by atoms with Crippen molar-refractivity contribution in [2.45, 2.75) is 52.2 Å². The zero-order chi connectivity index (χ0) is 20.1. The summed E-state index contributed by atoms with van der Waals surface area (Å²) < 4.78 is 6.00. The summed E-state index contributed by atoms with van der Waals surface area (Å²) in [5.74, 6) is 0.660. The van der Waals surface area contributed by atoms with Crippen LogP contribution < -0.4 is 10.1 Å². The second-order valence-corrected chi connectivity index (χ2v) is 7.72. The summed E-state index contributed by atoms with van der Waals surface area (Å²) in [5, 5.41) is 2.80. The monoisotopic (exact) mass is 384 g/mol. The third kappa shape index (κ3) is 5.18. The summed E-state index contributed by atoms with van der Waals surface area (Å²) in [6.07, 6.45) is 3.75. The average molecular weight is 384 g/mol. The lowest BCUT2D eigenvalue weighted by Gasteiger charge is -2.34. The van der Waals surface area contributed by atoms with Crippen LogP contribution in [-0.2, 0) is 9.59 Å². The molecule has 1 fully saturated rings. The smallest absolute Gasteiger partial charge is 0.245 e. The van der Waals surface area contributed by atoms with Gasteiger partial charge in [-0.3, -0.25) is 9.59 Å². The molecule has 0 radical (unpaired) electrons. The number of ether oxygens (including phenoxy) is 1. The highest BCUT2D eigenvalue weighted by Crippen LogP contribution is 2.20. The Morgan fingerprint density at radius 2 is 1.89 bits per heavy atom. The maximum atomic E-state index is 12.8. The van der Waals surface area contributed by atoms with E-state index in [4.69, 9.17) is 4.74 Å². The number of carbonyl (C=O) groups excluding carboxylic acids is 2. The molecule has 1 aromatic heterocycles. The molecular formula is C21H28N4O3. The van der Waals surface area contributed by atoms with Crippen molar-refractivity contribution < 1.29 is 14.3 Å². The molecule has 28 heavy (non-hydrogen) atoms. The average Bonchev–Trinajstić information content (AvgIpc) is 2.67. The minimum Gasteiger partial charge on any atom is -0.473 e. The van der Waals surface area contributed by atoms with E-state index < -0.39 is 6.04 Å². The minimum atomic E-state index is -0.457. The summed E-state index contributed by atoms with van der Waals surface area (Å²) in [7, 11) is 0. The van der Waals surface area contributed by atoms with Gasteiger partial charge in [-0.1, -0.05) is 26.0 Å². The van der Waals surface area contributed by atoms with Crippen molar-refractivity contribution in [1.29, 1.82) is 0 Å². The third-order valence-corrected chi connectivity index (χ3v) is 4.85. The second-order valence-electron chi connectivity index (χ2n) is 7.72. The van der Waals surface area contributed by atoms with Crippen LogP contribution in [0, 0.1) is 5.92 Å². The van der Waals surface area contributed by atoms with Crippen LogP contribution in [0.3, 0.4) is 0 Å². The lowest BCUT2D eigenvalue weighted by Crippen LogP contribution is -2.51. The van der Waals surface area contributed by atoms with E-state index in [0.717, 1.165) is 23.9 Å². The number of likely N-dealkylation sites (tertiary alicyclic amines) is 1. The van der Waals surface area contributed by atoms with Crippen molar-refractivity contribution in [2.24, 2.45) is 5.92 Å². The fraction of sp³-hybridized carbons (Fsp3) is 0.524. The van der Waals surface area contributed by atoms with Gasteiger partial charge >= 0.3 is 0 Å². The number of para-hydroxylation sites is 2. The number of carbonyl (C=O) groups is 2. The molecule has 0 unspecified atom stereocenters. The topological polar surface area (TPSA) is 84.4 Å². The van der Waals surface area contributed by atoms with Gasteiger partial charge in [0.15, 0.2) is 0 Å². The lowest BCUT2D eigenvalue weighted by atomic mass is 10.0. The Morgan fingerprint density at radius 1 is 1.21 bits per heavy atom. The summed E-state index contributed by atoms with van der Waals surface area (Å²) in [6.45, 7) is 6.77. The van der Waals surface area contributed by atoms with Crippen molar-refractivity contribution in [3.8, 4) is 5.88 Å². The van der Waals surface area contributed by atoms with Crippen LogP contribution in [0.5, 0.6) is 5.88 Å². The van der Waals surface area contributed by atoms with Gasteiger partial charge in [-0.15, -0.1) is 0 Å². The molecule has 150 valence electrons. The van der Waals surface area contributed by atoms with Crippen molar-refractivity contribution >= 4 is 22.8 Å². The molecule has 0 aliphatic carbocycles. The molecule has 7 heteroatoms. The van der Waals surface area contributed by atoms with E-state index >= 15 is 0 Å². The van der Waals surface area contributed by atoms with E-state index in [1.807, 2.05) is 43.0 Å². The molecule has 1 atom stereocenters. The first-order valence-corrected chi connectivity index (χ1v) is 9.86. The van der Waals surface area contributed by atoms with Crippen molar-refractivity contribution in [3.63, 3.8) is 0 Å². The Bertz CT molecular complexity index is 831. The number of piperidine rings is 1. The van der Waals surface area contributed by atoms with E-state index in [-0.39, 0.29) is 17.9 Å². The first-order valence-electron chi connectivity index (χ1n) is 9.86. The van der Waals surface area contributed by atoms with Crippen molar-refractivity contribution in [2.75, 3.05) is 13.1 Å². The Hall–Kier alpha value is -2.70. The van der Waals surface area contributed by atoms with E-state index in [1.165, 1.54) is 6.92 Å². The largest absolute Gasteiger partial charge is 0.473 e. The molecule has 0 saturated carbocycles. The third-order valence-electron chi connectivity index (χ3n) is 4.85. The molecule has 1 aromatic carbocycles. The Balaban J connectivity index is 1.56. The normalized spacial score (nSPS) is 16.2. The van der Waals surface area contributed by atoms with Crippen LogP contribution in [0.25, 0.3) is 11.0 Å². The number of hydrogen-bond donors (Lipinski definition) is 1. The summed E-state index contributed by atoms with van der Waals surface area (Å²) >= 11 is 0. The van der Waals surface area contributed by atoms with Gasteiger partial charge in [0.05, 0.1) is 17.2 Å². The molecule has 2 amide bonds. The molecule has 3 rings (SSSR count). The van der Waals surface area contributed by atoms with Crippen LogP contribution in [0.15, 0.2) is 30.5 Å². The van der Waals surface area contributed by atoms with E-state index in [1.54, 1.807) is 6.20 Å². The molecule has 1 saturated heterocycles. The number of fused-ring (bicyclic) bond motifs is 1. The van der Waals surface area contributed by atoms with Crippen LogP contribution in [0.1, 0.15) is 40.0 Å². The number of amides is 2. The van der Waals surface area contributed by atoms with Gasteiger partial charge in [0.2, 0.25) is 17.7 Å². The van der Waals surface area contributed by atoms with E-state index in [0.29, 0.717) is 31.3 Å². The Kier molecular flexibility index (Phi) is 6.44. The maximum Gasteiger partial charge on any atom is 0.245 e. The summed E-state index contributed by atoms with van der Waals surface area (Å²) in [5.41, 5.74) is 1.64.